The monoisotopic (exact) mass is 227 g/mol. The van der Waals surface area contributed by atoms with Gasteiger partial charge in [-0.2, -0.15) is 0 Å². The van der Waals surface area contributed by atoms with Gasteiger partial charge in [0.15, 0.2) is 0 Å². The highest BCUT2D eigenvalue weighted by Gasteiger charge is 2.29. The van der Waals surface area contributed by atoms with Crippen LogP contribution in [0.4, 0.5) is 0 Å². The third-order valence-corrected chi connectivity index (χ3v) is 2.69. The van der Waals surface area contributed by atoms with Gasteiger partial charge >= 0.3 is 0 Å². The normalized spacial score (nSPS) is 17.0. The second kappa shape index (κ2) is 5.84. The molecular weight excluding hydrogens is 206 g/mol. The molecule has 1 aliphatic rings. The van der Waals surface area contributed by atoms with E-state index < -0.39 is 6.04 Å². The van der Waals surface area contributed by atoms with Crippen LogP contribution >= 0.6 is 0 Å². The molecule has 92 valence electrons. The van der Waals surface area contributed by atoms with Crippen LogP contribution in [-0.4, -0.2) is 30.9 Å². The van der Waals surface area contributed by atoms with Gasteiger partial charge < -0.3 is 16.4 Å². The van der Waals surface area contributed by atoms with Gasteiger partial charge in [-0.1, -0.05) is 13.8 Å². The van der Waals surface area contributed by atoms with Crippen LogP contribution in [0.5, 0.6) is 0 Å². The quantitative estimate of drug-likeness (QED) is 0.540. The lowest BCUT2D eigenvalue weighted by Gasteiger charge is -2.15. The van der Waals surface area contributed by atoms with E-state index in [1.165, 1.54) is 0 Å². The standard InChI is InChI=1S/C11H21N3O2/c1-7(2)9(12)11(16)14-6-5-13-10(15)8-3-4-8/h7-9H,3-6,12H2,1-2H3,(H,13,15)(H,14,16)/t9-/m1/s1. The summed E-state index contributed by atoms with van der Waals surface area (Å²) in [6, 6.07) is -0.473. The Balaban J connectivity index is 2.05. The minimum Gasteiger partial charge on any atom is -0.354 e. The predicted octanol–water partition coefficient (Wildman–Crippen LogP) is -0.388. The van der Waals surface area contributed by atoms with E-state index in [4.69, 9.17) is 5.73 Å². The molecule has 5 heteroatoms. The molecule has 4 N–H and O–H groups in total. The summed E-state index contributed by atoms with van der Waals surface area (Å²) in [5.41, 5.74) is 5.66. The van der Waals surface area contributed by atoms with Crippen molar-refractivity contribution in [2.24, 2.45) is 17.6 Å². The van der Waals surface area contributed by atoms with Crippen LogP contribution in [0.1, 0.15) is 26.7 Å². The van der Waals surface area contributed by atoms with Crippen LogP contribution in [0.15, 0.2) is 0 Å². The molecule has 0 aromatic carbocycles. The van der Waals surface area contributed by atoms with E-state index >= 15 is 0 Å². The van der Waals surface area contributed by atoms with Crippen molar-refractivity contribution in [3.8, 4) is 0 Å². The van der Waals surface area contributed by atoms with E-state index in [0.717, 1.165) is 12.8 Å². The number of nitrogens with two attached hydrogens (primary N) is 1. The number of hydrogen-bond donors (Lipinski definition) is 3. The Labute approximate surface area is 96.1 Å². The number of hydrogen-bond acceptors (Lipinski definition) is 3. The van der Waals surface area contributed by atoms with Gasteiger partial charge in [0, 0.05) is 19.0 Å². The molecule has 0 aliphatic heterocycles. The van der Waals surface area contributed by atoms with E-state index in [0.29, 0.717) is 13.1 Å². The second-order valence-electron chi connectivity index (χ2n) is 4.63. The maximum absolute atomic E-state index is 11.4. The van der Waals surface area contributed by atoms with Gasteiger partial charge in [0.1, 0.15) is 0 Å². The molecule has 5 nitrogen and oxygen atoms in total. The first-order valence-electron chi connectivity index (χ1n) is 5.83. The van der Waals surface area contributed by atoms with Crippen molar-refractivity contribution < 1.29 is 9.59 Å². The van der Waals surface area contributed by atoms with Crippen molar-refractivity contribution in [2.75, 3.05) is 13.1 Å². The molecule has 0 spiro atoms. The fourth-order valence-corrected chi connectivity index (χ4v) is 1.28. The van der Waals surface area contributed by atoms with Crippen molar-refractivity contribution in [2.45, 2.75) is 32.7 Å². The van der Waals surface area contributed by atoms with Crippen molar-refractivity contribution in [1.82, 2.24) is 10.6 Å². The fourth-order valence-electron chi connectivity index (χ4n) is 1.28. The molecule has 1 saturated carbocycles. The average molecular weight is 227 g/mol. The Morgan fingerprint density at radius 3 is 2.31 bits per heavy atom. The zero-order valence-corrected chi connectivity index (χ0v) is 9.95. The lowest BCUT2D eigenvalue weighted by Crippen LogP contribution is -2.46. The molecule has 0 saturated heterocycles. The smallest absolute Gasteiger partial charge is 0.237 e. The zero-order valence-electron chi connectivity index (χ0n) is 9.95. The highest BCUT2D eigenvalue weighted by atomic mass is 16.2. The van der Waals surface area contributed by atoms with Crippen molar-refractivity contribution in [3.05, 3.63) is 0 Å². The van der Waals surface area contributed by atoms with Gasteiger partial charge in [-0.25, -0.2) is 0 Å². The molecule has 1 fully saturated rings. The van der Waals surface area contributed by atoms with E-state index in [2.05, 4.69) is 10.6 Å². The summed E-state index contributed by atoms with van der Waals surface area (Å²) in [4.78, 5) is 22.7. The number of carbonyl (C=O) groups excluding carboxylic acids is 2. The first-order chi connectivity index (χ1) is 7.52. The van der Waals surface area contributed by atoms with E-state index in [1.807, 2.05) is 13.8 Å². The topological polar surface area (TPSA) is 84.2 Å². The molecule has 0 aromatic heterocycles. The van der Waals surface area contributed by atoms with Crippen molar-refractivity contribution >= 4 is 11.8 Å². The first kappa shape index (κ1) is 13.0. The number of rotatable bonds is 6. The Bertz CT molecular complexity index is 262. The van der Waals surface area contributed by atoms with E-state index in [9.17, 15) is 9.59 Å². The maximum atomic E-state index is 11.4. The largest absolute Gasteiger partial charge is 0.354 e. The predicted molar refractivity (Wildman–Crippen MR) is 61.6 cm³/mol. The zero-order chi connectivity index (χ0) is 12.1. The van der Waals surface area contributed by atoms with Crippen LogP contribution in [0, 0.1) is 11.8 Å². The highest BCUT2D eigenvalue weighted by Crippen LogP contribution is 2.28. The molecule has 1 aliphatic carbocycles. The van der Waals surface area contributed by atoms with Gasteiger partial charge in [0.25, 0.3) is 0 Å². The minimum atomic E-state index is -0.473. The van der Waals surface area contributed by atoms with Gasteiger partial charge in [-0.15, -0.1) is 0 Å². The van der Waals surface area contributed by atoms with Crippen molar-refractivity contribution in [1.29, 1.82) is 0 Å². The molecule has 2 amide bonds. The Kier molecular flexibility index (Phi) is 4.73. The Morgan fingerprint density at radius 2 is 1.81 bits per heavy atom. The molecule has 1 atom stereocenters. The molecule has 1 rings (SSSR count). The van der Waals surface area contributed by atoms with Crippen molar-refractivity contribution in [3.63, 3.8) is 0 Å². The molecule has 0 aromatic rings. The van der Waals surface area contributed by atoms with Gasteiger partial charge in [0.2, 0.25) is 11.8 Å². The van der Waals surface area contributed by atoms with Gasteiger partial charge in [-0.05, 0) is 18.8 Å². The van der Waals surface area contributed by atoms with Gasteiger partial charge in [-0.3, -0.25) is 9.59 Å². The number of nitrogens with one attached hydrogen (secondary N) is 2. The molecule has 0 heterocycles. The third-order valence-electron chi connectivity index (χ3n) is 2.69. The Morgan fingerprint density at radius 1 is 1.25 bits per heavy atom. The summed E-state index contributed by atoms with van der Waals surface area (Å²) in [6.07, 6.45) is 1.99. The summed E-state index contributed by atoms with van der Waals surface area (Å²) in [5, 5.41) is 5.47. The average Bonchev–Trinajstić information content (AvgIpc) is 3.05. The summed E-state index contributed by atoms with van der Waals surface area (Å²) >= 11 is 0. The molecular formula is C11H21N3O2. The second-order valence-corrected chi connectivity index (χ2v) is 4.63. The third kappa shape index (κ3) is 4.18. The van der Waals surface area contributed by atoms with Gasteiger partial charge in [0.05, 0.1) is 6.04 Å². The maximum Gasteiger partial charge on any atom is 0.237 e. The number of carbonyl (C=O) groups is 2. The molecule has 0 bridgehead atoms. The summed E-state index contributed by atoms with van der Waals surface area (Å²) in [5.74, 6) is 0.285. The molecule has 0 unspecified atom stereocenters. The van der Waals surface area contributed by atoms with Crippen LogP contribution < -0.4 is 16.4 Å². The summed E-state index contributed by atoms with van der Waals surface area (Å²) in [7, 11) is 0. The Hall–Kier alpha value is -1.10. The lowest BCUT2D eigenvalue weighted by atomic mass is 10.1. The minimum absolute atomic E-state index is 0.0995. The summed E-state index contributed by atoms with van der Waals surface area (Å²) < 4.78 is 0. The van der Waals surface area contributed by atoms with E-state index in [1.54, 1.807) is 0 Å². The lowest BCUT2D eigenvalue weighted by molar-refractivity contribution is -0.124. The highest BCUT2D eigenvalue weighted by molar-refractivity contribution is 5.82. The number of amides is 2. The van der Waals surface area contributed by atoms with Crippen LogP contribution in [-0.2, 0) is 9.59 Å². The summed E-state index contributed by atoms with van der Waals surface area (Å²) in [6.45, 7) is 4.72. The van der Waals surface area contributed by atoms with Crippen LogP contribution in [0.3, 0.4) is 0 Å². The molecule has 16 heavy (non-hydrogen) atoms. The first-order valence-corrected chi connectivity index (χ1v) is 5.83. The van der Waals surface area contributed by atoms with E-state index in [-0.39, 0.29) is 23.7 Å². The SMILES string of the molecule is CC(C)[C@@H](N)C(=O)NCCNC(=O)C1CC1. The van der Waals surface area contributed by atoms with Crippen LogP contribution in [0.2, 0.25) is 0 Å². The van der Waals surface area contributed by atoms with Crippen LogP contribution in [0.25, 0.3) is 0 Å². The molecule has 0 radical (unpaired) electrons. The fraction of sp³-hybridized carbons (Fsp3) is 0.818.